The lowest BCUT2D eigenvalue weighted by atomic mass is 10.0. The van der Waals surface area contributed by atoms with Crippen LogP contribution in [0.1, 0.15) is 17.4 Å². The Morgan fingerprint density at radius 1 is 0.850 bits per heavy atom. The Kier molecular flexibility index (Phi) is 3.75. The first kappa shape index (κ1) is 12.8. The summed E-state index contributed by atoms with van der Waals surface area (Å²) in [6, 6.07) is 21.7. The van der Waals surface area contributed by atoms with Crippen LogP contribution in [-0.2, 0) is 0 Å². The van der Waals surface area contributed by atoms with Gasteiger partial charge in [0.25, 0.3) is 0 Å². The van der Waals surface area contributed by atoms with Crippen LogP contribution in [0.3, 0.4) is 0 Å². The van der Waals surface area contributed by atoms with E-state index in [0.29, 0.717) is 0 Å². The summed E-state index contributed by atoms with van der Waals surface area (Å²) >= 11 is 5.92. The third-order valence-corrected chi connectivity index (χ3v) is 3.37. The zero-order chi connectivity index (χ0) is 13.8. The summed E-state index contributed by atoms with van der Waals surface area (Å²) in [7, 11) is 0. The summed E-state index contributed by atoms with van der Waals surface area (Å²) in [4.78, 5) is 0. The van der Waals surface area contributed by atoms with Gasteiger partial charge in [0.15, 0.2) is 0 Å². The monoisotopic (exact) mass is 283 g/mol. The first-order valence-corrected chi connectivity index (χ1v) is 6.81. The molecule has 3 heteroatoms. The number of hydrogen-bond donors (Lipinski definition) is 1. The number of benzene rings is 2. The van der Waals surface area contributed by atoms with Crippen LogP contribution < -0.4 is 5.32 Å². The molecule has 2 aromatic carbocycles. The molecule has 0 aliphatic rings. The predicted octanol–water partition coefficient (Wildman–Crippen LogP) is 5.13. The molecule has 0 aliphatic heterocycles. The number of hydrogen-bond acceptors (Lipinski definition) is 2. The van der Waals surface area contributed by atoms with E-state index in [1.165, 1.54) is 0 Å². The lowest BCUT2D eigenvalue weighted by molar-refractivity contribution is 0.499. The topological polar surface area (TPSA) is 25.2 Å². The molecule has 0 aliphatic carbocycles. The van der Waals surface area contributed by atoms with Crippen LogP contribution in [-0.4, -0.2) is 0 Å². The molecule has 0 amide bonds. The fourth-order valence-electron chi connectivity index (χ4n) is 2.13. The second-order valence-electron chi connectivity index (χ2n) is 4.51. The molecular formula is C17H14ClNO. The minimum atomic E-state index is -0.0209. The summed E-state index contributed by atoms with van der Waals surface area (Å²) in [6.07, 6.45) is 1.69. The fourth-order valence-corrected chi connectivity index (χ4v) is 2.26. The Balaban J connectivity index is 1.92. The van der Waals surface area contributed by atoms with Crippen molar-refractivity contribution in [2.24, 2.45) is 0 Å². The van der Waals surface area contributed by atoms with E-state index in [4.69, 9.17) is 16.0 Å². The first-order chi connectivity index (χ1) is 9.83. The van der Waals surface area contributed by atoms with E-state index in [0.717, 1.165) is 22.0 Å². The van der Waals surface area contributed by atoms with E-state index < -0.39 is 0 Å². The van der Waals surface area contributed by atoms with Crippen molar-refractivity contribution in [3.05, 3.63) is 89.3 Å². The molecule has 1 unspecified atom stereocenters. The quantitative estimate of drug-likeness (QED) is 0.717. The van der Waals surface area contributed by atoms with Crippen LogP contribution in [0.15, 0.2) is 77.4 Å². The molecule has 0 saturated carbocycles. The summed E-state index contributed by atoms with van der Waals surface area (Å²) < 4.78 is 5.56. The smallest absolute Gasteiger partial charge is 0.130 e. The maximum atomic E-state index is 5.92. The van der Waals surface area contributed by atoms with Crippen molar-refractivity contribution in [2.45, 2.75) is 6.04 Å². The van der Waals surface area contributed by atoms with Gasteiger partial charge in [0.05, 0.1) is 6.26 Å². The standard InChI is InChI=1S/C17H14ClNO/c18-14-8-10-15(11-9-14)19-17(16-7-4-12-20-16)13-5-2-1-3-6-13/h1-12,17,19H. The van der Waals surface area contributed by atoms with Crippen molar-refractivity contribution in [1.82, 2.24) is 0 Å². The summed E-state index contributed by atoms with van der Waals surface area (Å²) in [5.74, 6) is 0.881. The molecule has 0 fully saturated rings. The summed E-state index contributed by atoms with van der Waals surface area (Å²) in [6.45, 7) is 0. The maximum absolute atomic E-state index is 5.92. The van der Waals surface area contributed by atoms with Crippen LogP contribution in [0.2, 0.25) is 5.02 Å². The van der Waals surface area contributed by atoms with E-state index in [2.05, 4.69) is 17.4 Å². The highest BCUT2D eigenvalue weighted by Crippen LogP contribution is 2.27. The number of halogens is 1. The molecule has 1 N–H and O–H groups in total. The van der Waals surface area contributed by atoms with Crippen molar-refractivity contribution in [1.29, 1.82) is 0 Å². The molecule has 1 aromatic heterocycles. The van der Waals surface area contributed by atoms with Gasteiger partial charge in [0, 0.05) is 10.7 Å². The van der Waals surface area contributed by atoms with Crippen molar-refractivity contribution in [3.63, 3.8) is 0 Å². The normalized spacial score (nSPS) is 12.1. The molecule has 1 heterocycles. The number of rotatable bonds is 4. The van der Waals surface area contributed by atoms with Gasteiger partial charge in [0.1, 0.15) is 11.8 Å². The lowest BCUT2D eigenvalue weighted by Gasteiger charge is -2.18. The Morgan fingerprint density at radius 2 is 1.60 bits per heavy atom. The zero-order valence-corrected chi connectivity index (χ0v) is 11.5. The van der Waals surface area contributed by atoms with Crippen LogP contribution in [0.4, 0.5) is 5.69 Å². The van der Waals surface area contributed by atoms with Gasteiger partial charge in [-0.25, -0.2) is 0 Å². The molecule has 0 bridgehead atoms. The van der Waals surface area contributed by atoms with Crippen LogP contribution in [0.25, 0.3) is 0 Å². The second-order valence-corrected chi connectivity index (χ2v) is 4.95. The highest BCUT2D eigenvalue weighted by Gasteiger charge is 2.16. The van der Waals surface area contributed by atoms with E-state index >= 15 is 0 Å². The van der Waals surface area contributed by atoms with E-state index in [1.807, 2.05) is 54.6 Å². The molecule has 0 saturated heterocycles. The molecule has 20 heavy (non-hydrogen) atoms. The van der Waals surface area contributed by atoms with E-state index in [9.17, 15) is 0 Å². The molecular weight excluding hydrogens is 270 g/mol. The number of furan rings is 1. The average molecular weight is 284 g/mol. The van der Waals surface area contributed by atoms with Crippen LogP contribution >= 0.6 is 11.6 Å². The van der Waals surface area contributed by atoms with Crippen molar-refractivity contribution in [2.75, 3.05) is 5.32 Å². The van der Waals surface area contributed by atoms with Gasteiger partial charge in [-0.15, -0.1) is 0 Å². The molecule has 100 valence electrons. The minimum Gasteiger partial charge on any atom is -0.467 e. The summed E-state index contributed by atoms with van der Waals surface area (Å²) in [5.41, 5.74) is 2.15. The van der Waals surface area contributed by atoms with Gasteiger partial charge in [-0.1, -0.05) is 41.9 Å². The van der Waals surface area contributed by atoms with Gasteiger partial charge in [-0.05, 0) is 42.0 Å². The SMILES string of the molecule is Clc1ccc(NC(c2ccccc2)c2ccco2)cc1. The highest BCUT2D eigenvalue weighted by atomic mass is 35.5. The van der Waals surface area contributed by atoms with Crippen molar-refractivity contribution < 1.29 is 4.42 Å². The summed E-state index contributed by atoms with van der Waals surface area (Å²) in [5, 5.41) is 4.20. The third-order valence-electron chi connectivity index (χ3n) is 3.12. The number of anilines is 1. The number of nitrogens with one attached hydrogen (secondary N) is 1. The second kappa shape index (κ2) is 5.85. The Labute approximate surface area is 123 Å². The molecule has 0 spiro atoms. The third kappa shape index (κ3) is 2.86. The Hall–Kier alpha value is -2.19. The molecule has 0 radical (unpaired) electrons. The van der Waals surface area contributed by atoms with Crippen LogP contribution in [0.5, 0.6) is 0 Å². The van der Waals surface area contributed by atoms with Crippen molar-refractivity contribution >= 4 is 17.3 Å². The predicted molar refractivity (Wildman–Crippen MR) is 82.1 cm³/mol. The van der Waals surface area contributed by atoms with E-state index in [1.54, 1.807) is 6.26 Å². The molecule has 3 aromatic rings. The molecule has 1 atom stereocenters. The molecule has 3 rings (SSSR count). The van der Waals surface area contributed by atoms with Gasteiger partial charge in [-0.3, -0.25) is 0 Å². The van der Waals surface area contributed by atoms with Crippen molar-refractivity contribution in [3.8, 4) is 0 Å². The van der Waals surface area contributed by atoms with Gasteiger partial charge >= 0.3 is 0 Å². The largest absolute Gasteiger partial charge is 0.467 e. The molecule has 2 nitrogen and oxygen atoms in total. The van der Waals surface area contributed by atoms with Gasteiger partial charge in [-0.2, -0.15) is 0 Å². The van der Waals surface area contributed by atoms with Gasteiger partial charge < -0.3 is 9.73 Å². The highest BCUT2D eigenvalue weighted by molar-refractivity contribution is 6.30. The Bertz CT molecular complexity index is 647. The van der Waals surface area contributed by atoms with Crippen LogP contribution in [0, 0.1) is 0 Å². The van der Waals surface area contributed by atoms with E-state index in [-0.39, 0.29) is 6.04 Å². The lowest BCUT2D eigenvalue weighted by Crippen LogP contribution is -2.11. The van der Waals surface area contributed by atoms with Gasteiger partial charge in [0.2, 0.25) is 0 Å². The fraction of sp³-hybridized carbons (Fsp3) is 0.0588. The zero-order valence-electron chi connectivity index (χ0n) is 10.8. The Morgan fingerprint density at radius 3 is 2.25 bits per heavy atom. The average Bonchev–Trinajstić information content (AvgIpc) is 3.01. The maximum Gasteiger partial charge on any atom is 0.130 e. The minimum absolute atomic E-state index is 0.0209. The first-order valence-electron chi connectivity index (χ1n) is 6.43.